The summed E-state index contributed by atoms with van der Waals surface area (Å²) in [4.78, 5) is 0. The van der Waals surface area contributed by atoms with E-state index in [1.54, 1.807) is 0 Å². The minimum Gasteiger partial charge on any atom is -0.389 e. The van der Waals surface area contributed by atoms with Gasteiger partial charge in [-0.25, -0.2) is 0 Å². The maximum atomic E-state index is 10.4. The van der Waals surface area contributed by atoms with Crippen LogP contribution in [0.2, 0.25) is 0 Å². The Morgan fingerprint density at radius 1 is 1.12 bits per heavy atom. The smallest absolute Gasteiger partial charge is 0.0771 e. The van der Waals surface area contributed by atoms with Crippen molar-refractivity contribution in [1.29, 1.82) is 0 Å². The molecule has 0 radical (unpaired) electrons. The lowest BCUT2D eigenvalue weighted by Crippen LogP contribution is -2.40. The SMILES string of the molecule is C#CCCCCNCC1(O)CCCCCC1. The third kappa shape index (κ3) is 5.53. The Morgan fingerprint density at radius 3 is 2.44 bits per heavy atom. The van der Waals surface area contributed by atoms with Crippen LogP contribution in [-0.4, -0.2) is 23.8 Å². The fourth-order valence-electron chi connectivity index (χ4n) is 2.36. The van der Waals surface area contributed by atoms with Gasteiger partial charge in [-0.05, 0) is 32.2 Å². The van der Waals surface area contributed by atoms with Gasteiger partial charge in [-0.3, -0.25) is 0 Å². The molecule has 2 heteroatoms. The van der Waals surface area contributed by atoms with Crippen LogP contribution in [0, 0.1) is 12.3 Å². The molecule has 1 saturated carbocycles. The van der Waals surface area contributed by atoms with Crippen LogP contribution in [0.25, 0.3) is 0 Å². The van der Waals surface area contributed by atoms with Crippen molar-refractivity contribution in [3.8, 4) is 12.3 Å². The molecule has 0 aromatic rings. The molecule has 0 atom stereocenters. The second-order valence-corrected chi connectivity index (χ2v) is 4.98. The van der Waals surface area contributed by atoms with E-state index in [2.05, 4.69) is 11.2 Å². The molecule has 0 heterocycles. The minimum absolute atomic E-state index is 0.442. The Morgan fingerprint density at radius 2 is 1.81 bits per heavy atom. The van der Waals surface area contributed by atoms with Gasteiger partial charge in [-0.15, -0.1) is 12.3 Å². The van der Waals surface area contributed by atoms with E-state index in [-0.39, 0.29) is 0 Å². The molecular formula is C14H25NO. The molecule has 1 aliphatic carbocycles. The molecule has 1 fully saturated rings. The maximum absolute atomic E-state index is 10.4. The Bertz CT molecular complexity index is 211. The summed E-state index contributed by atoms with van der Waals surface area (Å²) in [5.74, 6) is 2.65. The number of terminal acetylenes is 1. The van der Waals surface area contributed by atoms with E-state index in [1.807, 2.05) is 0 Å². The normalized spacial score (nSPS) is 20.0. The van der Waals surface area contributed by atoms with Crippen LogP contribution in [-0.2, 0) is 0 Å². The Hall–Kier alpha value is -0.520. The zero-order valence-electron chi connectivity index (χ0n) is 10.3. The van der Waals surface area contributed by atoms with E-state index >= 15 is 0 Å². The van der Waals surface area contributed by atoms with Crippen molar-refractivity contribution in [2.45, 2.75) is 63.4 Å². The van der Waals surface area contributed by atoms with Crippen molar-refractivity contribution >= 4 is 0 Å². The fraction of sp³-hybridized carbons (Fsp3) is 0.857. The summed E-state index contributed by atoms with van der Waals surface area (Å²) >= 11 is 0. The molecule has 0 spiro atoms. The standard InChI is InChI=1S/C14H25NO/c1-2-3-4-9-12-15-13-14(16)10-7-5-6-8-11-14/h1,15-16H,3-13H2. The number of aliphatic hydroxyl groups is 1. The molecule has 0 saturated heterocycles. The molecule has 1 aliphatic rings. The summed E-state index contributed by atoms with van der Waals surface area (Å²) < 4.78 is 0. The average molecular weight is 223 g/mol. The summed E-state index contributed by atoms with van der Waals surface area (Å²) in [6.45, 7) is 1.73. The summed E-state index contributed by atoms with van der Waals surface area (Å²) in [5, 5.41) is 13.7. The van der Waals surface area contributed by atoms with Crippen LogP contribution < -0.4 is 5.32 Å². The monoisotopic (exact) mass is 223 g/mol. The van der Waals surface area contributed by atoms with Gasteiger partial charge in [0.1, 0.15) is 0 Å². The van der Waals surface area contributed by atoms with Gasteiger partial charge in [-0.1, -0.05) is 25.7 Å². The lowest BCUT2D eigenvalue weighted by molar-refractivity contribution is 0.0254. The molecule has 1 rings (SSSR count). The first kappa shape index (κ1) is 13.5. The summed E-state index contributed by atoms with van der Waals surface area (Å²) in [5.41, 5.74) is -0.442. The molecule has 2 N–H and O–H groups in total. The van der Waals surface area contributed by atoms with Gasteiger partial charge in [0.25, 0.3) is 0 Å². The predicted octanol–water partition coefficient (Wildman–Crippen LogP) is 2.46. The van der Waals surface area contributed by atoms with Gasteiger partial charge in [0.05, 0.1) is 5.60 Å². The molecule has 0 unspecified atom stereocenters. The molecule has 2 nitrogen and oxygen atoms in total. The van der Waals surface area contributed by atoms with Gasteiger partial charge < -0.3 is 10.4 Å². The molecule has 92 valence electrons. The molecule has 0 aromatic carbocycles. The molecule has 0 amide bonds. The summed E-state index contributed by atoms with van der Waals surface area (Å²) in [6, 6.07) is 0. The fourth-order valence-corrected chi connectivity index (χ4v) is 2.36. The zero-order chi connectivity index (χ0) is 11.7. The Kier molecular flexibility index (Phi) is 6.52. The van der Waals surface area contributed by atoms with Crippen LogP contribution in [0.3, 0.4) is 0 Å². The number of hydrogen-bond donors (Lipinski definition) is 2. The largest absolute Gasteiger partial charge is 0.389 e. The highest BCUT2D eigenvalue weighted by Crippen LogP contribution is 2.26. The first-order valence-electron chi connectivity index (χ1n) is 6.63. The van der Waals surface area contributed by atoms with E-state index in [1.165, 1.54) is 25.7 Å². The minimum atomic E-state index is -0.442. The average Bonchev–Trinajstić information content (AvgIpc) is 2.49. The maximum Gasteiger partial charge on any atom is 0.0771 e. The van der Waals surface area contributed by atoms with Crippen molar-refractivity contribution in [3.05, 3.63) is 0 Å². The highest BCUT2D eigenvalue weighted by atomic mass is 16.3. The second-order valence-electron chi connectivity index (χ2n) is 4.98. The van der Waals surface area contributed by atoms with E-state index in [0.717, 1.165) is 45.2 Å². The van der Waals surface area contributed by atoms with Crippen molar-refractivity contribution in [2.24, 2.45) is 0 Å². The Balaban J connectivity index is 2.08. The summed E-state index contributed by atoms with van der Waals surface area (Å²) in [6.07, 6.45) is 15.1. The number of unbranched alkanes of at least 4 members (excludes halogenated alkanes) is 2. The lowest BCUT2D eigenvalue weighted by Gasteiger charge is -2.26. The third-order valence-electron chi connectivity index (χ3n) is 3.41. The van der Waals surface area contributed by atoms with Crippen molar-refractivity contribution < 1.29 is 5.11 Å². The first-order chi connectivity index (χ1) is 7.77. The lowest BCUT2D eigenvalue weighted by atomic mass is 9.94. The van der Waals surface area contributed by atoms with E-state index < -0.39 is 5.60 Å². The number of rotatable bonds is 6. The Labute approximate surface area is 99.8 Å². The topological polar surface area (TPSA) is 32.3 Å². The molecule has 0 aliphatic heterocycles. The van der Waals surface area contributed by atoms with Crippen LogP contribution >= 0.6 is 0 Å². The highest BCUT2D eigenvalue weighted by molar-refractivity contribution is 4.84. The molecule has 16 heavy (non-hydrogen) atoms. The third-order valence-corrected chi connectivity index (χ3v) is 3.41. The first-order valence-corrected chi connectivity index (χ1v) is 6.63. The van der Waals surface area contributed by atoms with Crippen molar-refractivity contribution in [2.75, 3.05) is 13.1 Å². The van der Waals surface area contributed by atoms with Gasteiger partial charge >= 0.3 is 0 Å². The van der Waals surface area contributed by atoms with Gasteiger partial charge in [0.2, 0.25) is 0 Å². The van der Waals surface area contributed by atoms with Crippen LogP contribution in [0.15, 0.2) is 0 Å². The number of hydrogen-bond acceptors (Lipinski definition) is 2. The van der Waals surface area contributed by atoms with Crippen molar-refractivity contribution in [3.63, 3.8) is 0 Å². The predicted molar refractivity (Wildman–Crippen MR) is 68.2 cm³/mol. The van der Waals surface area contributed by atoms with Crippen LogP contribution in [0.5, 0.6) is 0 Å². The van der Waals surface area contributed by atoms with Gasteiger partial charge in [0.15, 0.2) is 0 Å². The van der Waals surface area contributed by atoms with E-state index in [4.69, 9.17) is 6.42 Å². The van der Waals surface area contributed by atoms with Crippen LogP contribution in [0.4, 0.5) is 0 Å². The van der Waals surface area contributed by atoms with Gasteiger partial charge in [0, 0.05) is 13.0 Å². The zero-order valence-corrected chi connectivity index (χ0v) is 10.3. The van der Waals surface area contributed by atoms with E-state index in [9.17, 15) is 5.11 Å². The molecular weight excluding hydrogens is 198 g/mol. The second kappa shape index (κ2) is 7.70. The van der Waals surface area contributed by atoms with E-state index in [0.29, 0.717) is 0 Å². The van der Waals surface area contributed by atoms with Crippen molar-refractivity contribution in [1.82, 2.24) is 5.32 Å². The van der Waals surface area contributed by atoms with Crippen LogP contribution in [0.1, 0.15) is 57.8 Å². The number of nitrogens with one attached hydrogen (secondary N) is 1. The molecule has 0 aromatic heterocycles. The van der Waals surface area contributed by atoms with Gasteiger partial charge in [-0.2, -0.15) is 0 Å². The molecule has 0 bridgehead atoms. The highest BCUT2D eigenvalue weighted by Gasteiger charge is 2.26. The summed E-state index contributed by atoms with van der Waals surface area (Å²) in [7, 11) is 0. The quantitative estimate of drug-likeness (QED) is 0.412.